The van der Waals surface area contributed by atoms with E-state index in [4.69, 9.17) is 0 Å². The van der Waals surface area contributed by atoms with Crippen molar-refractivity contribution in [2.45, 2.75) is 0 Å². The van der Waals surface area contributed by atoms with Crippen LogP contribution in [0.1, 0.15) is 0 Å². The van der Waals surface area contributed by atoms with Gasteiger partial charge in [0.1, 0.15) is 0 Å². The molecule has 0 heterocycles. The van der Waals surface area contributed by atoms with Crippen molar-refractivity contribution in [2.75, 3.05) is 21.1 Å². The van der Waals surface area contributed by atoms with Crippen LogP contribution >= 0.6 is 40.0 Å². The molecule has 0 aliphatic rings. The summed E-state index contributed by atoms with van der Waals surface area (Å²) >= 11 is 4.74. The third-order valence-electron chi connectivity index (χ3n) is 0. The van der Waals surface area contributed by atoms with Crippen LogP contribution in [0.15, 0.2) is 0 Å². The molecule has 0 saturated heterocycles. The predicted octanol–water partition coefficient (Wildman–Crippen LogP) is 1.95. The zero-order valence-corrected chi connectivity index (χ0v) is 10.4. The summed E-state index contributed by atoms with van der Waals surface area (Å²) in [4.78, 5) is 2.00. The van der Waals surface area contributed by atoms with Gasteiger partial charge in [0.25, 0.3) is 0 Å². The normalized spacial score (nSPS) is 7.14. The van der Waals surface area contributed by atoms with Crippen LogP contribution in [0, 0.1) is 0 Å². The summed E-state index contributed by atoms with van der Waals surface area (Å²) in [6.45, 7) is 0. The quantitative estimate of drug-likeness (QED) is 0.595. The van der Waals surface area contributed by atoms with E-state index in [1.165, 1.54) is 0 Å². The number of halogens is 2. The van der Waals surface area contributed by atoms with E-state index in [9.17, 15) is 0 Å². The van der Waals surface area contributed by atoms with Crippen molar-refractivity contribution in [2.24, 2.45) is 0 Å². The van der Waals surface area contributed by atoms with Crippen molar-refractivity contribution in [1.82, 2.24) is 4.90 Å². The number of hydrogen-bond acceptors (Lipinski definition) is 1. The molecule has 0 spiro atoms. The van der Waals surface area contributed by atoms with Gasteiger partial charge in [-0.05, 0) is 21.1 Å². The maximum absolute atomic E-state index is 2.37. The first-order chi connectivity index (χ1) is 3.15. The van der Waals surface area contributed by atoms with Crippen LogP contribution in [0.5, 0.6) is 0 Å². The minimum atomic E-state index is 0.628. The van der Waals surface area contributed by atoms with Gasteiger partial charge in [-0.15, -0.1) is 0 Å². The van der Waals surface area contributed by atoms with Crippen molar-refractivity contribution < 1.29 is 9.47 Å². The Labute approximate surface area is 74.4 Å². The molecule has 0 unspecified atom stereocenters. The summed E-state index contributed by atoms with van der Waals surface area (Å²) < 4.78 is 0. The Morgan fingerprint density at radius 1 is 1.14 bits per heavy atom. The van der Waals surface area contributed by atoms with Crippen molar-refractivity contribution in [3.05, 3.63) is 0 Å². The minimum absolute atomic E-state index is 0.628. The molecule has 0 saturated carbocycles. The summed E-state index contributed by atoms with van der Waals surface area (Å²) in [6.07, 6.45) is 0. The summed E-state index contributed by atoms with van der Waals surface area (Å²) in [5, 5.41) is 0. The molecule has 0 bridgehead atoms. The molecule has 7 heavy (non-hydrogen) atoms. The molecule has 0 rings (SSSR count). The van der Waals surface area contributed by atoms with E-state index in [0.29, 0.717) is 9.47 Å². The summed E-state index contributed by atoms with van der Waals surface area (Å²) in [7, 11) is 6.63. The van der Waals surface area contributed by atoms with Gasteiger partial charge in [0.05, 0.1) is 0 Å². The fourth-order valence-corrected chi connectivity index (χ4v) is 0. The van der Waals surface area contributed by atoms with Gasteiger partial charge in [0.2, 0.25) is 0 Å². The van der Waals surface area contributed by atoms with Crippen LogP contribution in [0.4, 0.5) is 0 Å². The molecule has 0 aromatic heterocycles. The molecule has 0 atom stereocenters. The van der Waals surface area contributed by atoms with E-state index in [1.54, 1.807) is 0 Å². The van der Waals surface area contributed by atoms with E-state index in [0.717, 1.165) is 0 Å². The standard InChI is InChI=1S/C3H9N.2HI.V/c1-4(2)3;;;/h1-3H3;2*1H;/q;;;+2/p-2. The molecule has 0 radical (unpaired) electrons. The Balaban J connectivity index is 0. The number of nitrogens with zero attached hydrogens (tertiary/aromatic N) is 1. The van der Waals surface area contributed by atoms with Crippen LogP contribution in [0.25, 0.3) is 0 Å². The van der Waals surface area contributed by atoms with Gasteiger partial charge < -0.3 is 4.90 Å². The zero-order chi connectivity index (χ0) is 6.28. The third kappa shape index (κ3) is 71.8. The van der Waals surface area contributed by atoms with Crippen LogP contribution < -0.4 is 0 Å². The molecular weight excluding hydrogens is 355 g/mol. The van der Waals surface area contributed by atoms with Crippen LogP contribution in [0.2, 0.25) is 0 Å². The molecule has 0 aliphatic heterocycles. The average Bonchev–Trinajstić information content (AvgIpc) is 1.33. The molecular formula is C3H9I2NV. The summed E-state index contributed by atoms with van der Waals surface area (Å²) in [5.74, 6) is 0. The van der Waals surface area contributed by atoms with E-state index < -0.39 is 0 Å². The van der Waals surface area contributed by atoms with Gasteiger partial charge in [-0.25, -0.2) is 0 Å². The van der Waals surface area contributed by atoms with Gasteiger partial charge in [-0.2, -0.15) is 0 Å². The van der Waals surface area contributed by atoms with E-state index in [2.05, 4.69) is 40.0 Å². The second-order valence-corrected chi connectivity index (χ2v) is 13.2. The summed E-state index contributed by atoms with van der Waals surface area (Å²) in [5.41, 5.74) is 0. The van der Waals surface area contributed by atoms with Crippen molar-refractivity contribution in [3.63, 3.8) is 0 Å². The second-order valence-electron chi connectivity index (χ2n) is 1.41. The first kappa shape index (κ1) is 11.8. The van der Waals surface area contributed by atoms with Crippen molar-refractivity contribution in [3.8, 4) is 0 Å². The Kier molecular flexibility index (Phi) is 18.3. The van der Waals surface area contributed by atoms with Crippen LogP contribution in [0.3, 0.4) is 0 Å². The first-order valence-electron chi connectivity index (χ1n) is 1.68. The molecule has 0 aliphatic carbocycles. The molecule has 0 fully saturated rings. The fraction of sp³-hybridized carbons (Fsp3) is 1.00. The molecule has 45 valence electrons. The average molecular weight is 364 g/mol. The molecule has 0 aromatic rings. The Bertz CT molecular complexity index is 24.1. The van der Waals surface area contributed by atoms with E-state index in [-0.39, 0.29) is 0 Å². The predicted molar refractivity (Wildman–Crippen MR) is 47.7 cm³/mol. The topological polar surface area (TPSA) is 3.24 Å². The maximum atomic E-state index is 2.37. The Morgan fingerprint density at radius 2 is 1.14 bits per heavy atom. The number of hydrogen-bond donors (Lipinski definition) is 0. The Hall–Kier alpha value is 2.00. The zero-order valence-electron chi connectivity index (χ0n) is 4.65. The summed E-state index contributed by atoms with van der Waals surface area (Å²) in [6, 6.07) is 0. The monoisotopic (exact) mass is 364 g/mol. The van der Waals surface area contributed by atoms with Gasteiger partial charge >= 0.3 is 49.4 Å². The molecule has 0 N–H and O–H groups in total. The second kappa shape index (κ2) is 10.9. The molecule has 0 amide bonds. The van der Waals surface area contributed by atoms with E-state index >= 15 is 0 Å². The number of rotatable bonds is 0. The molecule has 1 nitrogen and oxygen atoms in total. The van der Waals surface area contributed by atoms with Gasteiger partial charge in [0.15, 0.2) is 0 Å². The SMILES string of the molecule is CN(C)C.[I][V][I]. The van der Waals surface area contributed by atoms with Gasteiger partial charge in [0, 0.05) is 0 Å². The third-order valence-corrected chi connectivity index (χ3v) is 0. The van der Waals surface area contributed by atoms with Gasteiger partial charge in [-0.1, -0.05) is 0 Å². The van der Waals surface area contributed by atoms with Crippen LogP contribution in [-0.2, 0) is 9.47 Å². The molecule has 0 aromatic carbocycles. The van der Waals surface area contributed by atoms with Crippen molar-refractivity contribution >= 4 is 40.0 Å². The first-order valence-corrected chi connectivity index (χ1v) is 10.7. The van der Waals surface area contributed by atoms with E-state index in [1.807, 2.05) is 26.0 Å². The Morgan fingerprint density at radius 3 is 1.14 bits per heavy atom. The fourth-order valence-electron chi connectivity index (χ4n) is 0. The van der Waals surface area contributed by atoms with Crippen LogP contribution in [-0.4, -0.2) is 26.0 Å². The van der Waals surface area contributed by atoms with Gasteiger partial charge in [-0.3, -0.25) is 0 Å². The molecule has 4 heteroatoms. The van der Waals surface area contributed by atoms with Crippen molar-refractivity contribution in [1.29, 1.82) is 0 Å².